The topological polar surface area (TPSA) is 20.3 Å². The average molecular weight is 303 g/mol. The maximum Gasteiger partial charge on any atom is 0.255 e. The third-order valence-corrected chi connectivity index (χ3v) is 4.02. The first-order valence-corrected chi connectivity index (χ1v) is 6.65. The molecular weight excluding hydrogens is 289 g/mol. The van der Waals surface area contributed by atoms with Crippen LogP contribution < -0.4 is 0 Å². The highest BCUT2D eigenvalue weighted by Crippen LogP contribution is 2.23. The lowest BCUT2D eigenvalue weighted by atomic mass is 10.1. The molecule has 0 spiro atoms. The van der Waals surface area contributed by atoms with E-state index in [9.17, 15) is 4.79 Å². The summed E-state index contributed by atoms with van der Waals surface area (Å²) in [7, 11) is 0. The van der Waals surface area contributed by atoms with E-state index in [1.54, 1.807) is 0 Å². The number of rotatable bonds is 2. The Balaban J connectivity index is 2.12. The van der Waals surface area contributed by atoms with Gasteiger partial charge in [0.15, 0.2) is 0 Å². The van der Waals surface area contributed by atoms with Gasteiger partial charge in [0.25, 0.3) is 5.91 Å². The van der Waals surface area contributed by atoms with Gasteiger partial charge in [0.05, 0.1) is 5.56 Å². The lowest BCUT2D eigenvalue weighted by Gasteiger charge is -2.16. The number of carbonyl (C=O) groups excluding carboxylic acids is 1. The molecular formula is C12H13BrClNO. The van der Waals surface area contributed by atoms with Crippen molar-refractivity contribution in [2.24, 2.45) is 5.92 Å². The van der Waals surface area contributed by atoms with Gasteiger partial charge in [-0.25, -0.2) is 0 Å². The molecule has 1 heterocycles. The summed E-state index contributed by atoms with van der Waals surface area (Å²) in [6.07, 6.45) is 1.01. The predicted octanol–water partition coefficient (Wildman–Crippen LogP) is 3.15. The number of hydrogen-bond donors (Lipinski definition) is 0. The number of halogens is 2. The van der Waals surface area contributed by atoms with E-state index in [1.165, 1.54) is 0 Å². The first kappa shape index (κ1) is 11.9. The number of likely N-dealkylation sites (tertiary alicyclic amines) is 1. The fraction of sp³-hybridized carbons (Fsp3) is 0.417. The van der Waals surface area contributed by atoms with Gasteiger partial charge in [-0.05, 0) is 40.4 Å². The smallest absolute Gasteiger partial charge is 0.255 e. The molecule has 4 heteroatoms. The van der Waals surface area contributed by atoms with Crippen LogP contribution >= 0.6 is 27.5 Å². The summed E-state index contributed by atoms with van der Waals surface area (Å²) in [6.45, 7) is 1.60. The van der Waals surface area contributed by atoms with Crippen LogP contribution in [0.2, 0.25) is 0 Å². The van der Waals surface area contributed by atoms with E-state index in [2.05, 4.69) is 15.9 Å². The Kier molecular flexibility index (Phi) is 3.87. The van der Waals surface area contributed by atoms with E-state index >= 15 is 0 Å². The number of alkyl halides is 1. The van der Waals surface area contributed by atoms with Crippen LogP contribution in [0, 0.1) is 5.92 Å². The Hall–Kier alpha value is -0.540. The maximum atomic E-state index is 12.2. The van der Waals surface area contributed by atoms with Gasteiger partial charge in [0, 0.05) is 23.4 Å². The first-order valence-electron chi connectivity index (χ1n) is 5.32. The summed E-state index contributed by atoms with van der Waals surface area (Å²) in [5.41, 5.74) is 0.734. The highest BCUT2D eigenvalue weighted by atomic mass is 79.9. The van der Waals surface area contributed by atoms with E-state index in [0.717, 1.165) is 29.5 Å². The molecule has 1 amide bonds. The molecule has 1 atom stereocenters. The second-order valence-electron chi connectivity index (χ2n) is 4.04. The molecule has 1 aromatic rings. The molecule has 1 aliphatic rings. The summed E-state index contributed by atoms with van der Waals surface area (Å²) < 4.78 is 0.856. The number of hydrogen-bond acceptors (Lipinski definition) is 1. The molecule has 2 rings (SSSR count). The third-order valence-electron chi connectivity index (χ3n) is 2.90. The number of nitrogens with zero attached hydrogens (tertiary/aromatic N) is 1. The molecule has 86 valence electrons. The fourth-order valence-corrected chi connectivity index (χ4v) is 2.65. The van der Waals surface area contributed by atoms with Gasteiger partial charge in [0.1, 0.15) is 0 Å². The van der Waals surface area contributed by atoms with Crippen molar-refractivity contribution in [2.75, 3.05) is 19.0 Å². The minimum absolute atomic E-state index is 0.0973. The quantitative estimate of drug-likeness (QED) is 0.769. The Morgan fingerprint density at radius 1 is 1.50 bits per heavy atom. The summed E-state index contributed by atoms with van der Waals surface area (Å²) in [6, 6.07) is 7.53. The van der Waals surface area contributed by atoms with E-state index in [4.69, 9.17) is 11.6 Å². The zero-order valence-electron chi connectivity index (χ0n) is 8.83. The van der Waals surface area contributed by atoms with Crippen LogP contribution in [-0.4, -0.2) is 29.8 Å². The molecule has 0 radical (unpaired) electrons. The molecule has 1 unspecified atom stereocenters. The van der Waals surface area contributed by atoms with Crippen LogP contribution in [-0.2, 0) is 0 Å². The normalized spacial score (nSPS) is 20.1. The average Bonchev–Trinajstić information content (AvgIpc) is 2.77. The van der Waals surface area contributed by atoms with Crippen LogP contribution in [0.4, 0.5) is 0 Å². The van der Waals surface area contributed by atoms with Crippen molar-refractivity contribution >= 4 is 33.4 Å². The molecule has 0 aliphatic carbocycles. The Bertz CT molecular complexity index is 396. The van der Waals surface area contributed by atoms with Crippen LogP contribution in [0.15, 0.2) is 28.7 Å². The van der Waals surface area contributed by atoms with E-state index in [1.807, 2.05) is 29.2 Å². The predicted molar refractivity (Wildman–Crippen MR) is 68.9 cm³/mol. The molecule has 0 saturated carbocycles. The maximum absolute atomic E-state index is 12.2. The van der Waals surface area contributed by atoms with Crippen molar-refractivity contribution in [1.82, 2.24) is 4.90 Å². The molecule has 1 aliphatic heterocycles. The lowest BCUT2D eigenvalue weighted by molar-refractivity contribution is 0.0787. The number of carbonyl (C=O) groups is 1. The monoisotopic (exact) mass is 301 g/mol. The van der Waals surface area contributed by atoms with Gasteiger partial charge < -0.3 is 4.90 Å². The van der Waals surface area contributed by atoms with Crippen molar-refractivity contribution in [2.45, 2.75) is 6.42 Å². The summed E-state index contributed by atoms with van der Waals surface area (Å²) in [5.74, 6) is 1.19. The van der Waals surface area contributed by atoms with Gasteiger partial charge in [-0.15, -0.1) is 11.6 Å². The van der Waals surface area contributed by atoms with Gasteiger partial charge in [-0.2, -0.15) is 0 Å². The molecule has 2 nitrogen and oxygen atoms in total. The zero-order valence-corrected chi connectivity index (χ0v) is 11.2. The molecule has 16 heavy (non-hydrogen) atoms. The minimum atomic E-state index is 0.0973. The van der Waals surface area contributed by atoms with Gasteiger partial charge in [-0.3, -0.25) is 4.79 Å². The van der Waals surface area contributed by atoms with Gasteiger partial charge in [-0.1, -0.05) is 12.1 Å². The number of benzene rings is 1. The molecule has 0 N–H and O–H groups in total. The molecule has 0 bridgehead atoms. The zero-order chi connectivity index (χ0) is 11.5. The Morgan fingerprint density at radius 2 is 2.25 bits per heavy atom. The van der Waals surface area contributed by atoms with Crippen molar-refractivity contribution in [3.63, 3.8) is 0 Å². The standard InChI is InChI=1S/C12H13BrClNO/c13-11-4-2-1-3-10(11)12(16)15-6-5-9(7-14)8-15/h1-4,9H,5-8H2. The lowest BCUT2D eigenvalue weighted by Crippen LogP contribution is -2.29. The van der Waals surface area contributed by atoms with Crippen molar-refractivity contribution in [3.05, 3.63) is 34.3 Å². The summed E-state index contributed by atoms with van der Waals surface area (Å²) in [5, 5.41) is 0. The van der Waals surface area contributed by atoms with E-state index in [-0.39, 0.29) is 5.91 Å². The molecule has 1 aromatic carbocycles. The van der Waals surface area contributed by atoms with E-state index in [0.29, 0.717) is 11.8 Å². The summed E-state index contributed by atoms with van der Waals surface area (Å²) >= 11 is 9.21. The Labute approximate surface area is 109 Å². The van der Waals surface area contributed by atoms with E-state index < -0.39 is 0 Å². The van der Waals surface area contributed by atoms with Crippen molar-refractivity contribution < 1.29 is 4.79 Å². The van der Waals surface area contributed by atoms with Crippen molar-refractivity contribution in [1.29, 1.82) is 0 Å². The third kappa shape index (κ3) is 2.41. The first-order chi connectivity index (χ1) is 7.72. The summed E-state index contributed by atoms with van der Waals surface area (Å²) in [4.78, 5) is 14.1. The van der Waals surface area contributed by atoms with Crippen LogP contribution in [0.5, 0.6) is 0 Å². The Morgan fingerprint density at radius 3 is 2.88 bits per heavy atom. The highest BCUT2D eigenvalue weighted by Gasteiger charge is 2.26. The second kappa shape index (κ2) is 5.19. The van der Waals surface area contributed by atoms with Crippen LogP contribution in [0.3, 0.4) is 0 Å². The SMILES string of the molecule is O=C(c1ccccc1Br)N1CCC(CCl)C1. The molecule has 1 fully saturated rings. The fourth-order valence-electron chi connectivity index (χ4n) is 1.95. The van der Waals surface area contributed by atoms with Crippen LogP contribution in [0.1, 0.15) is 16.8 Å². The molecule has 1 saturated heterocycles. The second-order valence-corrected chi connectivity index (χ2v) is 5.20. The largest absolute Gasteiger partial charge is 0.338 e. The van der Waals surface area contributed by atoms with Crippen LogP contribution in [0.25, 0.3) is 0 Å². The van der Waals surface area contributed by atoms with Gasteiger partial charge >= 0.3 is 0 Å². The van der Waals surface area contributed by atoms with Crippen molar-refractivity contribution in [3.8, 4) is 0 Å². The highest BCUT2D eigenvalue weighted by molar-refractivity contribution is 9.10. The number of amides is 1. The molecule has 0 aromatic heterocycles. The van der Waals surface area contributed by atoms with Gasteiger partial charge in [0.2, 0.25) is 0 Å². The minimum Gasteiger partial charge on any atom is -0.338 e.